The molecule has 11 heteroatoms. The summed E-state index contributed by atoms with van der Waals surface area (Å²) in [6.45, 7) is 5.56. The Kier molecular flexibility index (Phi) is 8.74. The summed E-state index contributed by atoms with van der Waals surface area (Å²) in [6, 6.07) is 0. The zero-order valence-electron chi connectivity index (χ0n) is 16.5. The van der Waals surface area contributed by atoms with Crippen molar-refractivity contribution in [1.29, 1.82) is 0 Å². The summed E-state index contributed by atoms with van der Waals surface area (Å²) in [5, 5.41) is 16.7. The van der Waals surface area contributed by atoms with Crippen molar-refractivity contribution in [1.82, 2.24) is 5.01 Å². The Balaban J connectivity index is 3.56. The Labute approximate surface area is 165 Å². The monoisotopic (exact) mass is 417 g/mol. The van der Waals surface area contributed by atoms with Gasteiger partial charge in [-0.2, -0.15) is 9.49 Å². The molecule has 0 saturated heterocycles. The molecular weight excluding hydrogens is 395 g/mol. The summed E-state index contributed by atoms with van der Waals surface area (Å²) in [7, 11) is 0.952. The first-order chi connectivity index (χ1) is 13.6. The van der Waals surface area contributed by atoms with Gasteiger partial charge in [-0.1, -0.05) is 13.8 Å². The number of hydrogen-bond donors (Lipinski definition) is 0. The van der Waals surface area contributed by atoms with Crippen LogP contribution in [0.5, 0.6) is 0 Å². The van der Waals surface area contributed by atoms with E-state index in [2.05, 4.69) is 9.84 Å². The van der Waals surface area contributed by atoms with Gasteiger partial charge < -0.3 is 4.74 Å². The molecule has 0 N–H and O–H groups in total. The van der Waals surface area contributed by atoms with Gasteiger partial charge in [0.15, 0.2) is 17.5 Å². The molecule has 0 amide bonds. The molecule has 1 unspecified atom stereocenters. The standard InChI is InChI=1S/C18H22F3N3O5/c1-5-7-23(8-6-2)22-9-11(18(26)29-4)17(25)12-13(19)10(3)14(20)15(21)16(12)24(27)28/h9,11H,5-8H2,1-4H3. The smallest absolute Gasteiger partial charge is 0.322 e. The number of rotatable bonds is 10. The predicted octanol–water partition coefficient (Wildman–Crippen LogP) is 3.40. The van der Waals surface area contributed by atoms with Crippen LogP contribution in [0.2, 0.25) is 0 Å². The molecule has 0 radical (unpaired) electrons. The Morgan fingerprint density at radius 3 is 2.17 bits per heavy atom. The second-order valence-corrected chi connectivity index (χ2v) is 6.13. The van der Waals surface area contributed by atoms with Crippen molar-refractivity contribution in [3.63, 3.8) is 0 Å². The van der Waals surface area contributed by atoms with E-state index in [-0.39, 0.29) is 0 Å². The molecule has 1 rings (SSSR count). The molecule has 0 aliphatic heterocycles. The third-order valence-electron chi connectivity index (χ3n) is 4.02. The summed E-state index contributed by atoms with van der Waals surface area (Å²) in [4.78, 5) is 34.6. The minimum Gasteiger partial charge on any atom is -0.468 e. The first-order valence-electron chi connectivity index (χ1n) is 8.84. The Morgan fingerprint density at radius 2 is 1.72 bits per heavy atom. The first kappa shape index (κ1) is 24.1. The highest BCUT2D eigenvalue weighted by atomic mass is 19.2. The van der Waals surface area contributed by atoms with Crippen molar-refractivity contribution < 1.29 is 32.4 Å². The van der Waals surface area contributed by atoms with E-state index in [1.807, 2.05) is 13.8 Å². The zero-order chi connectivity index (χ0) is 22.3. The van der Waals surface area contributed by atoms with Crippen molar-refractivity contribution in [3.8, 4) is 0 Å². The van der Waals surface area contributed by atoms with Crippen LogP contribution in [0.1, 0.15) is 42.6 Å². The van der Waals surface area contributed by atoms with E-state index in [4.69, 9.17) is 0 Å². The summed E-state index contributed by atoms with van der Waals surface area (Å²) < 4.78 is 46.9. The lowest BCUT2D eigenvalue weighted by Gasteiger charge is -2.18. The number of carbonyl (C=O) groups is 2. The average Bonchev–Trinajstić information content (AvgIpc) is 2.68. The number of carbonyl (C=O) groups excluding carboxylic acids is 2. The summed E-state index contributed by atoms with van der Waals surface area (Å²) >= 11 is 0. The lowest BCUT2D eigenvalue weighted by Crippen LogP contribution is -2.30. The zero-order valence-corrected chi connectivity index (χ0v) is 16.5. The minimum absolute atomic E-state index is 0.491. The summed E-state index contributed by atoms with van der Waals surface area (Å²) in [5.74, 6) is -9.92. The number of nitro benzene ring substituents is 1. The number of hydrogen-bond acceptors (Lipinski definition) is 7. The van der Waals surface area contributed by atoms with Gasteiger partial charge in [0, 0.05) is 24.9 Å². The maximum absolute atomic E-state index is 14.5. The molecule has 29 heavy (non-hydrogen) atoms. The van der Waals surface area contributed by atoms with E-state index >= 15 is 0 Å². The van der Waals surface area contributed by atoms with Crippen molar-refractivity contribution in [2.75, 3.05) is 20.2 Å². The average molecular weight is 417 g/mol. The first-order valence-corrected chi connectivity index (χ1v) is 8.84. The Bertz CT molecular complexity index is 824. The number of esters is 1. The molecule has 0 bridgehead atoms. The lowest BCUT2D eigenvalue weighted by atomic mass is 9.94. The van der Waals surface area contributed by atoms with E-state index in [1.165, 1.54) is 0 Å². The van der Waals surface area contributed by atoms with E-state index < -0.39 is 56.9 Å². The van der Waals surface area contributed by atoms with Crippen LogP contribution >= 0.6 is 0 Å². The predicted molar refractivity (Wildman–Crippen MR) is 98.2 cm³/mol. The van der Waals surface area contributed by atoms with Gasteiger partial charge in [-0.3, -0.25) is 24.7 Å². The number of hydrazone groups is 1. The van der Waals surface area contributed by atoms with Gasteiger partial charge in [-0.25, -0.2) is 8.78 Å². The normalized spacial score (nSPS) is 12.1. The number of ketones is 1. The van der Waals surface area contributed by atoms with Crippen molar-refractivity contribution in [3.05, 3.63) is 38.7 Å². The molecule has 0 aliphatic carbocycles. The Morgan fingerprint density at radius 1 is 1.17 bits per heavy atom. The molecule has 0 saturated carbocycles. The molecule has 0 spiro atoms. The molecular formula is C18H22F3N3O5. The van der Waals surface area contributed by atoms with Crippen LogP contribution in [0.15, 0.2) is 5.10 Å². The third kappa shape index (κ3) is 5.30. The van der Waals surface area contributed by atoms with Gasteiger partial charge in [0.05, 0.1) is 12.0 Å². The summed E-state index contributed by atoms with van der Waals surface area (Å²) in [5.41, 5.74) is -3.95. The number of ether oxygens (including phenoxy) is 1. The molecule has 0 heterocycles. The van der Waals surface area contributed by atoms with Crippen LogP contribution in [0.25, 0.3) is 0 Å². The highest BCUT2D eigenvalue weighted by Gasteiger charge is 2.39. The second kappa shape index (κ2) is 10.5. The maximum atomic E-state index is 14.5. The van der Waals surface area contributed by atoms with E-state index in [0.717, 1.165) is 20.2 Å². The number of nitro groups is 1. The van der Waals surface area contributed by atoms with Crippen molar-refractivity contribution >= 4 is 23.7 Å². The fourth-order valence-electron chi connectivity index (χ4n) is 2.58. The van der Waals surface area contributed by atoms with Gasteiger partial charge in [-0.05, 0) is 19.8 Å². The van der Waals surface area contributed by atoms with Crippen LogP contribution in [0, 0.1) is 40.4 Å². The summed E-state index contributed by atoms with van der Waals surface area (Å²) in [6.07, 6.45) is 2.27. The third-order valence-corrected chi connectivity index (χ3v) is 4.02. The Hall–Kier alpha value is -2.98. The highest BCUT2D eigenvalue weighted by molar-refractivity contribution is 6.19. The van der Waals surface area contributed by atoms with E-state index in [1.54, 1.807) is 5.01 Å². The highest BCUT2D eigenvalue weighted by Crippen LogP contribution is 2.32. The number of halogens is 3. The van der Waals surface area contributed by atoms with Crippen molar-refractivity contribution in [2.24, 2.45) is 11.0 Å². The lowest BCUT2D eigenvalue weighted by molar-refractivity contribution is -0.388. The minimum atomic E-state index is -1.99. The molecule has 1 aromatic rings. The fourth-order valence-corrected chi connectivity index (χ4v) is 2.58. The SMILES string of the molecule is CCCN(CCC)N=CC(C(=O)OC)C(=O)c1c(F)c(C)c(F)c(F)c1[N+](=O)[O-]. The van der Waals surface area contributed by atoms with Crippen LogP contribution < -0.4 is 0 Å². The van der Waals surface area contributed by atoms with E-state index in [0.29, 0.717) is 25.9 Å². The number of methoxy groups -OCH3 is 1. The molecule has 1 aromatic carbocycles. The van der Waals surface area contributed by atoms with Gasteiger partial charge in [0.1, 0.15) is 11.4 Å². The largest absolute Gasteiger partial charge is 0.468 e. The molecule has 160 valence electrons. The number of nitrogens with zero attached hydrogens (tertiary/aromatic N) is 3. The van der Waals surface area contributed by atoms with Gasteiger partial charge in [0.25, 0.3) is 0 Å². The number of benzene rings is 1. The topological polar surface area (TPSA) is 102 Å². The molecule has 0 fully saturated rings. The van der Waals surface area contributed by atoms with Crippen LogP contribution in [-0.4, -0.2) is 48.1 Å². The fraction of sp³-hybridized carbons (Fsp3) is 0.500. The van der Waals surface area contributed by atoms with Gasteiger partial charge >= 0.3 is 11.7 Å². The maximum Gasteiger partial charge on any atom is 0.322 e. The van der Waals surface area contributed by atoms with Gasteiger partial charge in [0.2, 0.25) is 5.82 Å². The molecule has 0 aromatic heterocycles. The number of Topliss-reactive ketones (excluding diaryl/α,β-unsaturated/α-hetero) is 1. The molecule has 0 aliphatic rings. The van der Waals surface area contributed by atoms with E-state index in [9.17, 15) is 32.9 Å². The quantitative estimate of drug-likeness (QED) is 0.110. The van der Waals surface area contributed by atoms with Gasteiger partial charge in [-0.15, -0.1) is 0 Å². The van der Waals surface area contributed by atoms with Crippen molar-refractivity contribution in [2.45, 2.75) is 33.6 Å². The molecule has 1 atom stereocenters. The van der Waals surface area contributed by atoms with Crippen LogP contribution in [-0.2, 0) is 9.53 Å². The van der Waals surface area contributed by atoms with Crippen LogP contribution in [0.4, 0.5) is 18.9 Å². The second-order valence-electron chi connectivity index (χ2n) is 6.13. The molecule has 8 nitrogen and oxygen atoms in total. The van der Waals surface area contributed by atoms with Crippen LogP contribution in [0.3, 0.4) is 0 Å².